The summed E-state index contributed by atoms with van der Waals surface area (Å²) in [6.45, 7) is 2.86. The highest BCUT2D eigenvalue weighted by molar-refractivity contribution is 7.99. The minimum absolute atomic E-state index is 0.196. The standard InChI is InChI=1S/C23H24F3NO4S/c1-2-30-21(28)11-14-32-13-4-12-31-20-6-3-5-18-19(20)15-27(22(18)29)17-9-7-16(8-10-17)23(24,25)26/h3,5-10H,2,4,11-15H2,1H3. The second-order valence-corrected chi connectivity index (χ2v) is 8.31. The van der Waals surface area contributed by atoms with E-state index < -0.39 is 11.7 Å². The molecule has 0 aromatic heterocycles. The van der Waals surface area contributed by atoms with Crippen LogP contribution in [-0.2, 0) is 22.3 Å². The van der Waals surface area contributed by atoms with Crippen molar-refractivity contribution < 1.29 is 32.2 Å². The number of fused-ring (bicyclic) bond motifs is 1. The predicted octanol–water partition coefficient (Wildman–Crippen LogP) is 5.32. The number of alkyl halides is 3. The highest BCUT2D eigenvalue weighted by Crippen LogP contribution is 2.36. The molecule has 0 fully saturated rings. The molecule has 1 heterocycles. The van der Waals surface area contributed by atoms with Crippen molar-refractivity contribution in [2.45, 2.75) is 32.5 Å². The molecule has 172 valence electrons. The smallest absolute Gasteiger partial charge is 0.416 e. The average molecular weight is 468 g/mol. The molecule has 9 heteroatoms. The van der Waals surface area contributed by atoms with Crippen LogP contribution in [0.25, 0.3) is 0 Å². The zero-order chi connectivity index (χ0) is 23.1. The molecule has 1 amide bonds. The molecule has 32 heavy (non-hydrogen) atoms. The monoisotopic (exact) mass is 467 g/mol. The van der Waals surface area contributed by atoms with Gasteiger partial charge in [-0.1, -0.05) is 6.07 Å². The third kappa shape index (κ3) is 5.97. The first-order valence-corrected chi connectivity index (χ1v) is 11.4. The minimum Gasteiger partial charge on any atom is -0.493 e. The lowest BCUT2D eigenvalue weighted by Gasteiger charge is -2.17. The molecular weight excluding hydrogens is 443 g/mol. The zero-order valence-electron chi connectivity index (χ0n) is 17.6. The molecular formula is C23H24F3NO4S. The van der Waals surface area contributed by atoms with Crippen LogP contribution in [-0.4, -0.2) is 36.6 Å². The number of carbonyl (C=O) groups excluding carboxylic acids is 2. The van der Waals surface area contributed by atoms with Gasteiger partial charge in [-0.25, -0.2) is 0 Å². The van der Waals surface area contributed by atoms with E-state index in [0.29, 0.717) is 42.4 Å². The van der Waals surface area contributed by atoms with Gasteiger partial charge in [-0.15, -0.1) is 0 Å². The quantitative estimate of drug-likeness (QED) is 0.350. The number of halogens is 3. The van der Waals surface area contributed by atoms with Crippen LogP contribution in [0.4, 0.5) is 18.9 Å². The van der Waals surface area contributed by atoms with Gasteiger partial charge in [-0.05, 0) is 55.5 Å². The van der Waals surface area contributed by atoms with Crippen LogP contribution in [0.1, 0.15) is 41.3 Å². The summed E-state index contributed by atoms with van der Waals surface area (Å²) in [5.41, 5.74) is 0.872. The van der Waals surface area contributed by atoms with Crippen LogP contribution in [0.2, 0.25) is 0 Å². The topological polar surface area (TPSA) is 55.8 Å². The van der Waals surface area contributed by atoms with E-state index in [1.807, 2.05) is 0 Å². The molecule has 1 aliphatic rings. The molecule has 3 rings (SSSR count). The van der Waals surface area contributed by atoms with Crippen molar-refractivity contribution >= 4 is 29.3 Å². The molecule has 2 aromatic rings. The van der Waals surface area contributed by atoms with Crippen molar-refractivity contribution in [2.75, 3.05) is 29.6 Å². The summed E-state index contributed by atoms with van der Waals surface area (Å²) in [4.78, 5) is 25.5. The van der Waals surface area contributed by atoms with Gasteiger partial charge in [-0.3, -0.25) is 9.59 Å². The Hall–Kier alpha value is -2.68. The number of rotatable bonds is 10. The van der Waals surface area contributed by atoms with Gasteiger partial charge in [0.2, 0.25) is 0 Å². The first-order chi connectivity index (χ1) is 15.3. The summed E-state index contributed by atoms with van der Waals surface area (Å²) in [6, 6.07) is 9.78. The van der Waals surface area contributed by atoms with Gasteiger partial charge in [0, 0.05) is 22.6 Å². The molecule has 1 aliphatic heterocycles. The molecule has 0 N–H and O–H groups in total. The fourth-order valence-electron chi connectivity index (χ4n) is 3.31. The van der Waals surface area contributed by atoms with E-state index >= 15 is 0 Å². The molecule has 0 unspecified atom stereocenters. The van der Waals surface area contributed by atoms with Crippen LogP contribution in [0, 0.1) is 0 Å². The number of esters is 1. The van der Waals surface area contributed by atoms with Gasteiger partial charge in [0.15, 0.2) is 0 Å². The highest BCUT2D eigenvalue weighted by Gasteiger charge is 2.33. The number of carbonyl (C=O) groups is 2. The summed E-state index contributed by atoms with van der Waals surface area (Å²) < 4.78 is 49.2. The molecule has 0 atom stereocenters. The van der Waals surface area contributed by atoms with Crippen LogP contribution in [0.3, 0.4) is 0 Å². The van der Waals surface area contributed by atoms with E-state index in [4.69, 9.17) is 9.47 Å². The Kier molecular flexibility index (Phi) is 8.06. The Morgan fingerprint density at radius 2 is 1.88 bits per heavy atom. The Balaban J connectivity index is 1.53. The highest BCUT2D eigenvalue weighted by atomic mass is 32.2. The molecule has 0 spiro atoms. The number of thioether (sulfide) groups is 1. The summed E-state index contributed by atoms with van der Waals surface area (Å²) >= 11 is 1.65. The number of hydrogen-bond donors (Lipinski definition) is 0. The van der Waals surface area contributed by atoms with Gasteiger partial charge < -0.3 is 14.4 Å². The largest absolute Gasteiger partial charge is 0.493 e. The maximum Gasteiger partial charge on any atom is 0.416 e. The molecule has 0 aliphatic carbocycles. The normalized spacial score (nSPS) is 13.2. The summed E-state index contributed by atoms with van der Waals surface area (Å²) in [6.07, 6.45) is -3.27. The number of amides is 1. The van der Waals surface area contributed by atoms with Crippen molar-refractivity contribution in [1.29, 1.82) is 0 Å². The van der Waals surface area contributed by atoms with E-state index in [1.165, 1.54) is 17.0 Å². The number of hydrogen-bond acceptors (Lipinski definition) is 5. The average Bonchev–Trinajstić information content (AvgIpc) is 3.10. The minimum atomic E-state index is -4.42. The molecule has 0 radical (unpaired) electrons. The first kappa shape index (κ1) is 24.0. The molecule has 0 bridgehead atoms. The number of ether oxygens (including phenoxy) is 2. The summed E-state index contributed by atoms with van der Waals surface area (Å²) in [5, 5.41) is 0. The fraction of sp³-hybridized carbons (Fsp3) is 0.391. The number of anilines is 1. The molecule has 0 saturated carbocycles. The van der Waals surface area contributed by atoms with E-state index in [-0.39, 0.29) is 18.4 Å². The third-order valence-corrected chi connectivity index (χ3v) is 5.95. The molecule has 0 saturated heterocycles. The summed E-state index contributed by atoms with van der Waals surface area (Å²) in [7, 11) is 0. The predicted molar refractivity (Wildman–Crippen MR) is 117 cm³/mol. The fourth-order valence-corrected chi connectivity index (χ4v) is 4.15. The Morgan fingerprint density at radius 1 is 1.12 bits per heavy atom. The number of nitrogens with zero attached hydrogens (tertiary/aromatic N) is 1. The SMILES string of the molecule is CCOC(=O)CCSCCCOc1cccc2c1CN(c1ccc(C(F)(F)F)cc1)C2=O. The van der Waals surface area contributed by atoms with Crippen molar-refractivity contribution in [3.63, 3.8) is 0 Å². The van der Waals surface area contributed by atoms with Crippen LogP contribution in [0.15, 0.2) is 42.5 Å². The van der Waals surface area contributed by atoms with Crippen molar-refractivity contribution in [3.05, 3.63) is 59.2 Å². The van der Waals surface area contributed by atoms with Crippen molar-refractivity contribution in [1.82, 2.24) is 0 Å². The lowest BCUT2D eigenvalue weighted by atomic mass is 10.1. The molecule has 5 nitrogen and oxygen atoms in total. The second-order valence-electron chi connectivity index (χ2n) is 7.09. The maximum absolute atomic E-state index is 12.8. The van der Waals surface area contributed by atoms with E-state index in [0.717, 1.165) is 29.9 Å². The zero-order valence-corrected chi connectivity index (χ0v) is 18.4. The van der Waals surface area contributed by atoms with Crippen LogP contribution in [0.5, 0.6) is 5.75 Å². The van der Waals surface area contributed by atoms with Gasteiger partial charge >= 0.3 is 12.1 Å². The van der Waals surface area contributed by atoms with Crippen molar-refractivity contribution in [3.8, 4) is 5.75 Å². The van der Waals surface area contributed by atoms with E-state index in [9.17, 15) is 22.8 Å². The Morgan fingerprint density at radius 3 is 2.56 bits per heavy atom. The summed E-state index contributed by atoms with van der Waals surface area (Å²) in [5.74, 6) is 1.65. The van der Waals surface area contributed by atoms with E-state index in [2.05, 4.69) is 0 Å². The van der Waals surface area contributed by atoms with E-state index in [1.54, 1.807) is 36.9 Å². The lowest BCUT2D eigenvalue weighted by Crippen LogP contribution is -2.23. The third-order valence-electron chi connectivity index (χ3n) is 4.88. The van der Waals surface area contributed by atoms with Crippen molar-refractivity contribution in [2.24, 2.45) is 0 Å². The van der Waals surface area contributed by atoms with Gasteiger partial charge in [-0.2, -0.15) is 24.9 Å². The maximum atomic E-state index is 12.8. The first-order valence-electron chi connectivity index (χ1n) is 10.3. The lowest BCUT2D eigenvalue weighted by molar-refractivity contribution is -0.142. The number of benzene rings is 2. The van der Waals surface area contributed by atoms with Crippen LogP contribution < -0.4 is 9.64 Å². The Bertz CT molecular complexity index is 947. The van der Waals surface area contributed by atoms with Gasteiger partial charge in [0.05, 0.1) is 31.7 Å². The molecule has 2 aromatic carbocycles. The second kappa shape index (κ2) is 10.8. The van der Waals surface area contributed by atoms with Gasteiger partial charge in [0.1, 0.15) is 5.75 Å². The van der Waals surface area contributed by atoms with Gasteiger partial charge in [0.25, 0.3) is 5.91 Å². The van der Waals surface area contributed by atoms with Crippen LogP contribution >= 0.6 is 11.8 Å². The Labute approximate surface area is 188 Å².